The molecule has 0 saturated heterocycles. The van der Waals surface area contributed by atoms with Crippen LogP contribution in [0.3, 0.4) is 0 Å². The molecule has 0 aliphatic carbocycles. The van der Waals surface area contributed by atoms with Gasteiger partial charge in [-0.2, -0.15) is 0 Å². The lowest BCUT2D eigenvalue weighted by atomic mass is 10.1. The van der Waals surface area contributed by atoms with Gasteiger partial charge in [-0.1, -0.05) is 0 Å². The van der Waals surface area contributed by atoms with Crippen LogP contribution >= 0.6 is 0 Å². The first kappa shape index (κ1) is 13.2. The fraction of sp³-hybridized carbons (Fsp3) is 0.267. The van der Waals surface area contributed by atoms with Crippen LogP contribution in [0.5, 0.6) is 11.5 Å². The summed E-state index contributed by atoms with van der Waals surface area (Å²) >= 11 is 0. The van der Waals surface area contributed by atoms with Gasteiger partial charge >= 0.3 is 0 Å². The molecule has 0 amide bonds. The lowest BCUT2D eigenvalue weighted by Crippen LogP contribution is -2.05. The summed E-state index contributed by atoms with van der Waals surface area (Å²) in [5.74, 6) is 1.18. The van der Waals surface area contributed by atoms with Crippen molar-refractivity contribution in [3.8, 4) is 11.5 Å². The standard InChI is InChI=1S/C15H17NO3/c1-10(17)12-6-7-14(18-3)15(9-12)19-11(2)13-5-4-8-16-13/h4-9,11,16H,1-3H3. The van der Waals surface area contributed by atoms with Crippen LogP contribution in [0.4, 0.5) is 0 Å². The molecular weight excluding hydrogens is 242 g/mol. The number of Topliss-reactive ketones (excluding diaryl/α,β-unsaturated/α-hetero) is 1. The number of methoxy groups -OCH3 is 1. The first-order valence-corrected chi connectivity index (χ1v) is 6.10. The van der Waals surface area contributed by atoms with Gasteiger partial charge in [0.15, 0.2) is 17.3 Å². The molecular formula is C15H17NO3. The molecule has 0 aliphatic heterocycles. The maximum absolute atomic E-state index is 11.4. The van der Waals surface area contributed by atoms with Crippen LogP contribution in [-0.4, -0.2) is 17.9 Å². The molecule has 0 radical (unpaired) electrons. The molecule has 19 heavy (non-hydrogen) atoms. The predicted octanol–water partition coefficient (Wildman–Crippen LogP) is 3.37. The van der Waals surface area contributed by atoms with E-state index in [0.717, 1.165) is 5.69 Å². The van der Waals surface area contributed by atoms with E-state index < -0.39 is 0 Å². The third kappa shape index (κ3) is 2.96. The van der Waals surface area contributed by atoms with Gasteiger partial charge < -0.3 is 14.5 Å². The topological polar surface area (TPSA) is 51.3 Å². The van der Waals surface area contributed by atoms with E-state index in [1.165, 1.54) is 6.92 Å². The third-order valence-electron chi connectivity index (χ3n) is 2.93. The lowest BCUT2D eigenvalue weighted by Gasteiger charge is -2.16. The Labute approximate surface area is 112 Å². The Morgan fingerprint density at radius 3 is 2.63 bits per heavy atom. The monoisotopic (exact) mass is 259 g/mol. The van der Waals surface area contributed by atoms with Gasteiger partial charge in [0.1, 0.15) is 6.10 Å². The quantitative estimate of drug-likeness (QED) is 0.837. The molecule has 0 saturated carbocycles. The summed E-state index contributed by atoms with van der Waals surface area (Å²) in [6, 6.07) is 9.05. The number of benzene rings is 1. The Morgan fingerprint density at radius 2 is 2.05 bits per heavy atom. The van der Waals surface area contributed by atoms with Crippen LogP contribution in [0.25, 0.3) is 0 Å². The molecule has 0 aliphatic rings. The molecule has 0 bridgehead atoms. The van der Waals surface area contributed by atoms with Gasteiger partial charge in [-0.3, -0.25) is 4.79 Å². The van der Waals surface area contributed by atoms with E-state index in [2.05, 4.69) is 4.98 Å². The fourth-order valence-electron chi connectivity index (χ4n) is 1.84. The van der Waals surface area contributed by atoms with Crippen LogP contribution in [0.15, 0.2) is 36.5 Å². The second-order valence-electron chi connectivity index (χ2n) is 4.31. The Morgan fingerprint density at radius 1 is 1.26 bits per heavy atom. The largest absolute Gasteiger partial charge is 0.493 e. The van der Waals surface area contributed by atoms with E-state index in [9.17, 15) is 4.79 Å². The number of carbonyl (C=O) groups excluding carboxylic acids is 1. The second kappa shape index (κ2) is 5.61. The first-order valence-electron chi connectivity index (χ1n) is 6.10. The molecule has 0 fully saturated rings. The van der Waals surface area contributed by atoms with Gasteiger partial charge in [0.05, 0.1) is 12.8 Å². The van der Waals surface area contributed by atoms with Crippen molar-refractivity contribution in [3.63, 3.8) is 0 Å². The molecule has 4 nitrogen and oxygen atoms in total. The van der Waals surface area contributed by atoms with Gasteiger partial charge in [0.2, 0.25) is 0 Å². The molecule has 0 spiro atoms. The highest BCUT2D eigenvalue weighted by atomic mass is 16.5. The number of aromatic nitrogens is 1. The molecule has 1 aromatic heterocycles. The number of aromatic amines is 1. The third-order valence-corrected chi connectivity index (χ3v) is 2.93. The average molecular weight is 259 g/mol. The number of hydrogen-bond donors (Lipinski definition) is 1. The number of ether oxygens (including phenoxy) is 2. The van der Waals surface area contributed by atoms with Crippen molar-refractivity contribution >= 4 is 5.78 Å². The van der Waals surface area contributed by atoms with Crippen molar-refractivity contribution in [2.24, 2.45) is 0 Å². The summed E-state index contributed by atoms with van der Waals surface area (Å²) in [5, 5.41) is 0. The van der Waals surface area contributed by atoms with Crippen LogP contribution in [0, 0.1) is 0 Å². The van der Waals surface area contributed by atoms with Crippen molar-refractivity contribution in [1.82, 2.24) is 4.98 Å². The van der Waals surface area contributed by atoms with Crippen molar-refractivity contribution in [3.05, 3.63) is 47.8 Å². The minimum atomic E-state index is -0.147. The van der Waals surface area contributed by atoms with Gasteiger partial charge in [0, 0.05) is 11.8 Å². The molecule has 2 rings (SSSR count). The lowest BCUT2D eigenvalue weighted by molar-refractivity contribution is 0.101. The van der Waals surface area contributed by atoms with Crippen molar-refractivity contribution in [2.45, 2.75) is 20.0 Å². The highest BCUT2D eigenvalue weighted by Gasteiger charge is 2.13. The number of hydrogen-bond acceptors (Lipinski definition) is 3. The van der Waals surface area contributed by atoms with Gasteiger partial charge in [-0.05, 0) is 44.2 Å². The highest BCUT2D eigenvalue weighted by Crippen LogP contribution is 2.31. The molecule has 1 unspecified atom stereocenters. The maximum Gasteiger partial charge on any atom is 0.162 e. The summed E-state index contributed by atoms with van der Waals surface area (Å²) in [5.41, 5.74) is 1.57. The molecule has 1 aromatic carbocycles. The van der Waals surface area contributed by atoms with Gasteiger partial charge in [-0.15, -0.1) is 0 Å². The molecule has 1 atom stereocenters. The smallest absolute Gasteiger partial charge is 0.162 e. The summed E-state index contributed by atoms with van der Waals surface area (Å²) in [6.45, 7) is 3.46. The van der Waals surface area contributed by atoms with Crippen molar-refractivity contribution in [1.29, 1.82) is 0 Å². The Hall–Kier alpha value is -2.23. The zero-order chi connectivity index (χ0) is 13.8. The number of H-pyrrole nitrogens is 1. The number of ketones is 1. The van der Waals surface area contributed by atoms with Crippen LogP contribution in [0.1, 0.15) is 36.0 Å². The highest BCUT2D eigenvalue weighted by molar-refractivity contribution is 5.94. The van der Waals surface area contributed by atoms with E-state index in [1.807, 2.05) is 25.3 Å². The first-order chi connectivity index (χ1) is 9.11. The molecule has 4 heteroatoms. The Bertz CT molecular complexity index is 561. The fourth-order valence-corrected chi connectivity index (χ4v) is 1.84. The minimum Gasteiger partial charge on any atom is -0.493 e. The molecule has 2 aromatic rings. The van der Waals surface area contributed by atoms with E-state index >= 15 is 0 Å². The van der Waals surface area contributed by atoms with Crippen LogP contribution in [0.2, 0.25) is 0 Å². The summed E-state index contributed by atoms with van der Waals surface area (Å²) in [4.78, 5) is 14.5. The van der Waals surface area contributed by atoms with Gasteiger partial charge in [0.25, 0.3) is 0 Å². The summed E-state index contributed by atoms with van der Waals surface area (Å²) < 4.78 is 11.1. The zero-order valence-corrected chi connectivity index (χ0v) is 11.3. The van der Waals surface area contributed by atoms with Crippen molar-refractivity contribution in [2.75, 3.05) is 7.11 Å². The molecule has 1 heterocycles. The van der Waals surface area contributed by atoms with E-state index in [4.69, 9.17) is 9.47 Å². The van der Waals surface area contributed by atoms with E-state index in [-0.39, 0.29) is 11.9 Å². The molecule has 100 valence electrons. The Kier molecular flexibility index (Phi) is 3.90. The number of rotatable bonds is 5. The number of nitrogens with one attached hydrogen (secondary N) is 1. The maximum atomic E-state index is 11.4. The number of carbonyl (C=O) groups is 1. The second-order valence-corrected chi connectivity index (χ2v) is 4.31. The minimum absolute atomic E-state index is 0.0000275. The summed E-state index contributed by atoms with van der Waals surface area (Å²) in [6.07, 6.45) is 1.70. The predicted molar refractivity (Wildman–Crippen MR) is 72.8 cm³/mol. The Balaban J connectivity index is 2.27. The zero-order valence-electron chi connectivity index (χ0n) is 11.3. The molecule has 1 N–H and O–H groups in total. The van der Waals surface area contributed by atoms with Gasteiger partial charge in [-0.25, -0.2) is 0 Å². The summed E-state index contributed by atoms with van der Waals surface area (Å²) in [7, 11) is 1.58. The van der Waals surface area contributed by atoms with E-state index in [0.29, 0.717) is 17.1 Å². The normalized spacial score (nSPS) is 11.9. The SMILES string of the molecule is COc1ccc(C(C)=O)cc1OC(C)c1ccc[nH]1. The van der Waals surface area contributed by atoms with Crippen LogP contribution in [-0.2, 0) is 0 Å². The van der Waals surface area contributed by atoms with E-state index in [1.54, 1.807) is 25.3 Å². The average Bonchev–Trinajstić information content (AvgIpc) is 2.92. The van der Waals surface area contributed by atoms with Crippen LogP contribution < -0.4 is 9.47 Å². The van der Waals surface area contributed by atoms with Crippen molar-refractivity contribution < 1.29 is 14.3 Å².